The minimum Gasteiger partial charge on any atom is -0.383 e. The normalized spacial score (nSPS) is 12.2. The molecule has 2 N–H and O–H groups in total. The Labute approximate surface area is 92.1 Å². The van der Waals surface area contributed by atoms with E-state index in [-0.39, 0.29) is 11.9 Å². The number of hydrogen-bond donors (Lipinski definition) is 2. The second-order valence-electron chi connectivity index (χ2n) is 3.49. The van der Waals surface area contributed by atoms with E-state index in [1.807, 2.05) is 13.8 Å². The molecule has 0 spiro atoms. The average Bonchev–Trinajstić information content (AvgIpc) is 2.25. The van der Waals surface area contributed by atoms with Crippen LogP contribution in [0.4, 0.5) is 0 Å². The van der Waals surface area contributed by atoms with Gasteiger partial charge in [-0.05, 0) is 13.3 Å². The van der Waals surface area contributed by atoms with Crippen molar-refractivity contribution < 1.29 is 9.53 Å². The van der Waals surface area contributed by atoms with Gasteiger partial charge in [-0.25, -0.2) is 0 Å². The third kappa shape index (κ3) is 7.11. The van der Waals surface area contributed by atoms with E-state index in [9.17, 15) is 4.79 Å². The maximum atomic E-state index is 11.5. The lowest BCUT2D eigenvalue weighted by molar-refractivity contribution is -0.122. The van der Waals surface area contributed by atoms with Crippen LogP contribution in [0.5, 0.6) is 0 Å². The predicted molar refractivity (Wildman–Crippen MR) is 61.8 cm³/mol. The molecule has 0 bridgehead atoms. The number of hydrogen-bond acceptors (Lipinski definition) is 3. The van der Waals surface area contributed by atoms with E-state index in [0.29, 0.717) is 19.7 Å². The molecular formula is C11H22N2O2. The lowest BCUT2D eigenvalue weighted by Gasteiger charge is -2.14. The molecule has 0 saturated carbocycles. The van der Waals surface area contributed by atoms with E-state index < -0.39 is 0 Å². The van der Waals surface area contributed by atoms with E-state index in [1.165, 1.54) is 0 Å². The standard InChI is InChI=1S/C11H22N2O2/c1-5-9(2)8-13-10(3)11(14)12-6-7-15-4/h10,13H,2,5-8H2,1,3-4H3,(H,12,14). The Morgan fingerprint density at radius 1 is 1.53 bits per heavy atom. The van der Waals surface area contributed by atoms with Crippen LogP contribution in [0.2, 0.25) is 0 Å². The molecule has 0 aromatic rings. The van der Waals surface area contributed by atoms with Crippen molar-refractivity contribution in [1.29, 1.82) is 0 Å². The first-order valence-corrected chi connectivity index (χ1v) is 5.28. The minimum absolute atomic E-state index is 0.00375. The number of rotatable bonds is 8. The number of carbonyl (C=O) groups excluding carboxylic acids is 1. The van der Waals surface area contributed by atoms with Crippen molar-refractivity contribution in [3.8, 4) is 0 Å². The van der Waals surface area contributed by atoms with Crippen LogP contribution >= 0.6 is 0 Å². The monoisotopic (exact) mass is 214 g/mol. The molecule has 15 heavy (non-hydrogen) atoms. The van der Waals surface area contributed by atoms with Crippen LogP contribution in [0.1, 0.15) is 20.3 Å². The van der Waals surface area contributed by atoms with Crippen LogP contribution in [0.25, 0.3) is 0 Å². The maximum absolute atomic E-state index is 11.5. The summed E-state index contributed by atoms with van der Waals surface area (Å²) in [5.74, 6) is -0.00375. The lowest BCUT2D eigenvalue weighted by atomic mass is 10.2. The van der Waals surface area contributed by atoms with Crippen molar-refractivity contribution in [2.45, 2.75) is 26.3 Å². The topological polar surface area (TPSA) is 50.4 Å². The molecule has 1 unspecified atom stereocenters. The average molecular weight is 214 g/mol. The molecule has 4 nitrogen and oxygen atoms in total. The Hall–Kier alpha value is -0.870. The van der Waals surface area contributed by atoms with Gasteiger partial charge in [0.05, 0.1) is 12.6 Å². The molecular weight excluding hydrogens is 192 g/mol. The summed E-state index contributed by atoms with van der Waals surface area (Å²) in [6.07, 6.45) is 0.936. The molecule has 0 aromatic carbocycles. The molecule has 0 fully saturated rings. The maximum Gasteiger partial charge on any atom is 0.236 e. The fraction of sp³-hybridized carbons (Fsp3) is 0.727. The highest BCUT2D eigenvalue weighted by molar-refractivity contribution is 5.81. The summed E-state index contributed by atoms with van der Waals surface area (Å²) in [6.45, 7) is 9.54. The quantitative estimate of drug-likeness (QED) is 0.462. The predicted octanol–water partition coefficient (Wildman–Crippen LogP) is 0.693. The second-order valence-corrected chi connectivity index (χ2v) is 3.49. The highest BCUT2D eigenvalue weighted by Crippen LogP contribution is 1.94. The molecule has 1 atom stereocenters. The van der Waals surface area contributed by atoms with Crippen molar-refractivity contribution in [2.75, 3.05) is 26.8 Å². The van der Waals surface area contributed by atoms with Crippen LogP contribution in [0.3, 0.4) is 0 Å². The van der Waals surface area contributed by atoms with Crippen LogP contribution in [-0.4, -0.2) is 38.8 Å². The molecule has 0 rings (SSSR count). The molecule has 0 radical (unpaired) electrons. The van der Waals surface area contributed by atoms with Crippen LogP contribution < -0.4 is 10.6 Å². The summed E-state index contributed by atoms with van der Waals surface area (Å²) in [5, 5.41) is 5.88. The van der Waals surface area contributed by atoms with E-state index >= 15 is 0 Å². The fourth-order valence-electron chi connectivity index (χ4n) is 0.945. The first-order chi connectivity index (χ1) is 7.11. The zero-order chi connectivity index (χ0) is 11.7. The summed E-state index contributed by atoms with van der Waals surface area (Å²) in [4.78, 5) is 11.5. The van der Waals surface area contributed by atoms with Gasteiger partial charge in [-0.2, -0.15) is 0 Å². The zero-order valence-electron chi connectivity index (χ0n) is 9.93. The van der Waals surface area contributed by atoms with Crippen LogP contribution in [0, 0.1) is 0 Å². The smallest absolute Gasteiger partial charge is 0.236 e. The molecule has 0 heterocycles. The lowest BCUT2D eigenvalue weighted by Crippen LogP contribution is -2.43. The first-order valence-electron chi connectivity index (χ1n) is 5.28. The summed E-state index contributed by atoms with van der Waals surface area (Å²) in [5.41, 5.74) is 1.10. The van der Waals surface area contributed by atoms with Gasteiger partial charge in [0, 0.05) is 20.2 Å². The van der Waals surface area contributed by atoms with E-state index in [4.69, 9.17) is 4.74 Å². The second kappa shape index (κ2) is 8.44. The first kappa shape index (κ1) is 14.1. The summed E-state index contributed by atoms with van der Waals surface area (Å²) in [7, 11) is 1.61. The molecule has 1 amide bonds. The number of carbonyl (C=O) groups is 1. The van der Waals surface area contributed by atoms with Gasteiger partial charge in [0.2, 0.25) is 5.91 Å². The minimum atomic E-state index is -0.190. The van der Waals surface area contributed by atoms with Gasteiger partial charge < -0.3 is 15.4 Å². The van der Waals surface area contributed by atoms with E-state index in [0.717, 1.165) is 12.0 Å². The van der Waals surface area contributed by atoms with Gasteiger partial charge in [-0.15, -0.1) is 0 Å². The van der Waals surface area contributed by atoms with Gasteiger partial charge in [0.25, 0.3) is 0 Å². The van der Waals surface area contributed by atoms with Gasteiger partial charge in [0.1, 0.15) is 0 Å². The van der Waals surface area contributed by atoms with E-state index in [1.54, 1.807) is 7.11 Å². The Kier molecular flexibility index (Phi) is 7.95. The largest absolute Gasteiger partial charge is 0.383 e. The third-order valence-corrected chi connectivity index (χ3v) is 2.16. The van der Waals surface area contributed by atoms with Crippen molar-refractivity contribution in [2.24, 2.45) is 0 Å². The highest BCUT2D eigenvalue weighted by Gasteiger charge is 2.10. The van der Waals surface area contributed by atoms with Crippen molar-refractivity contribution >= 4 is 5.91 Å². The summed E-state index contributed by atoms with van der Waals surface area (Å²) in [6, 6.07) is -0.190. The molecule has 0 aromatic heterocycles. The van der Waals surface area contributed by atoms with E-state index in [2.05, 4.69) is 17.2 Å². The van der Waals surface area contributed by atoms with Crippen LogP contribution in [0.15, 0.2) is 12.2 Å². The summed E-state index contributed by atoms with van der Waals surface area (Å²) >= 11 is 0. The summed E-state index contributed by atoms with van der Waals surface area (Å²) < 4.78 is 4.84. The Morgan fingerprint density at radius 2 is 2.20 bits per heavy atom. The van der Waals surface area contributed by atoms with Gasteiger partial charge in [-0.1, -0.05) is 19.1 Å². The molecule has 0 aliphatic carbocycles. The number of nitrogens with one attached hydrogen (secondary N) is 2. The van der Waals surface area contributed by atoms with Gasteiger partial charge >= 0.3 is 0 Å². The zero-order valence-corrected chi connectivity index (χ0v) is 9.93. The number of ether oxygens (including phenoxy) is 1. The third-order valence-electron chi connectivity index (χ3n) is 2.16. The molecule has 0 aliphatic heterocycles. The molecule has 0 aliphatic rings. The van der Waals surface area contributed by atoms with Crippen molar-refractivity contribution in [3.05, 3.63) is 12.2 Å². The molecule has 88 valence electrons. The van der Waals surface area contributed by atoms with Gasteiger partial charge in [-0.3, -0.25) is 4.79 Å². The SMILES string of the molecule is C=C(CC)CNC(C)C(=O)NCCOC. The number of amides is 1. The van der Waals surface area contributed by atoms with Gasteiger partial charge in [0.15, 0.2) is 0 Å². The van der Waals surface area contributed by atoms with Crippen molar-refractivity contribution in [3.63, 3.8) is 0 Å². The Morgan fingerprint density at radius 3 is 2.73 bits per heavy atom. The van der Waals surface area contributed by atoms with Crippen LogP contribution in [-0.2, 0) is 9.53 Å². The molecule has 4 heteroatoms. The molecule has 0 saturated heterocycles. The van der Waals surface area contributed by atoms with Crippen molar-refractivity contribution in [1.82, 2.24) is 10.6 Å². The Bertz CT molecular complexity index is 205. The fourth-order valence-corrected chi connectivity index (χ4v) is 0.945. The number of methoxy groups -OCH3 is 1. The highest BCUT2D eigenvalue weighted by atomic mass is 16.5. The Balaban J connectivity index is 3.64.